The summed E-state index contributed by atoms with van der Waals surface area (Å²) < 4.78 is 22.8. The van der Waals surface area contributed by atoms with E-state index < -0.39 is 86.8 Å². The maximum absolute atomic E-state index is 13.3. The standard InChI is InChI=1S/C69H133NO13/c1-3-5-7-9-11-13-15-17-18-19-20-21-22-23-24-25-26-27-28-29-30-31-32-33-34-35-36-37-38-39-41-43-45-47-49-51-53-61(74)70-57(58(73)52-50-48-46-44-42-40-16-14-12-10-8-6-4-2)56-80-68-66(79)64(77)67(60(55-72)82-68)83-69-65(78)63(76)62(75)59(54-71)81-69/h50,52,57-60,62-69,71-73,75-79H,3-49,51,53-56H2,1-2H3,(H,70,74)/b52-50+/t57-,58+,59+,60+,62-,63?,64?,65?,66?,67+,68+,69-/m0/s1. The second-order valence-corrected chi connectivity index (χ2v) is 25.4. The van der Waals surface area contributed by atoms with Gasteiger partial charge in [-0.2, -0.15) is 0 Å². The average molecular weight is 1180 g/mol. The summed E-state index contributed by atoms with van der Waals surface area (Å²) in [5, 5.41) is 87.2. The van der Waals surface area contributed by atoms with Gasteiger partial charge < -0.3 is 65.1 Å². The molecule has 4 unspecified atom stereocenters. The molecule has 9 N–H and O–H groups in total. The first-order valence-corrected chi connectivity index (χ1v) is 35.4. The Kier molecular flexibility index (Phi) is 51.4. The molecule has 14 heteroatoms. The van der Waals surface area contributed by atoms with Crippen LogP contribution in [-0.4, -0.2) is 140 Å². The fourth-order valence-electron chi connectivity index (χ4n) is 12.1. The number of amides is 1. The van der Waals surface area contributed by atoms with E-state index in [4.69, 9.17) is 18.9 Å². The van der Waals surface area contributed by atoms with Gasteiger partial charge in [-0.05, 0) is 19.3 Å². The molecule has 0 bridgehead atoms. The molecule has 0 aromatic heterocycles. The third-order valence-corrected chi connectivity index (χ3v) is 17.7. The Balaban J connectivity index is 1.56. The molecule has 0 radical (unpaired) electrons. The summed E-state index contributed by atoms with van der Waals surface area (Å²) in [6, 6.07) is -0.910. The molecule has 2 saturated heterocycles. The molecule has 2 fully saturated rings. The van der Waals surface area contributed by atoms with Crippen molar-refractivity contribution in [1.82, 2.24) is 5.32 Å². The molecule has 0 aromatic rings. The zero-order valence-electron chi connectivity index (χ0n) is 53.5. The molecule has 12 atom stereocenters. The summed E-state index contributed by atoms with van der Waals surface area (Å²) in [5.41, 5.74) is 0. The van der Waals surface area contributed by atoms with Crippen LogP contribution >= 0.6 is 0 Å². The molecular weight excluding hydrogens is 1050 g/mol. The summed E-state index contributed by atoms with van der Waals surface area (Å²) >= 11 is 0. The first-order valence-electron chi connectivity index (χ1n) is 35.4. The molecule has 2 rings (SSSR count). The highest BCUT2D eigenvalue weighted by atomic mass is 16.7. The van der Waals surface area contributed by atoms with Gasteiger partial charge in [0.2, 0.25) is 5.91 Å². The van der Waals surface area contributed by atoms with E-state index in [9.17, 15) is 45.6 Å². The van der Waals surface area contributed by atoms with Gasteiger partial charge in [-0.25, -0.2) is 0 Å². The highest BCUT2D eigenvalue weighted by Crippen LogP contribution is 2.30. The van der Waals surface area contributed by atoms with Crippen LogP contribution in [-0.2, 0) is 23.7 Å². The van der Waals surface area contributed by atoms with Crippen molar-refractivity contribution in [2.24, 2.45) is 0 Å². The van der Waals surface area contributed by atoms with Crippen LogP contribution in [0.4, 0.5) is 0 Å². The van der Waals surface area contributed by atoms with Crippen molar-refractivity contribution < 1.29 is 64.6 Å². The van der Waals surface area contributed by atoms with Crippen LogP contribution in [0.2, 0.25) is 0 Å². The molecule has 0 spiro atoms. The number of nitrogens with one attached hydrogen (secondary N) is 1. The molecule has 0 saturated carbocycles. The Hall–Kier alpha value is -1.27. The maximum atomic E-state index is 13.3. The fraction of sp³-hybridized carbons (Fsp3) is 0.957. The Labute approximate surface area is 507 Å². The van der Waals surface area contributed by atoms with Gasteiger partial charge in [0.25, 0.3) is 0 Å². The first-order chi connectivity index (χ1) is 40.6. The number of hydrogen-bond acceptors (Lipinski definition) is 13. The number of unbranched alkanes of at least 4 members (excludes halogenated alkanes) is 46. The van der Waals surface area contributed by atoms with Crippen molar-refractivity contribution in [3.05, 3.63) is 12.2 Å². The summed E-state index contributed by atoms with van der Waals surface area (Å²) in [6.45, 7) is 2.83. The van der Waals surface area contributed by atoms with Crippen LogP contribution in [0.15, 0.2) is 12.2 Å². The molecule has 1 amide bonds. The normalized spacial score (nSPS) is 23.8. The van der Waals surface area contributed by atoms with Crippen LogP contribution in [0.1, 0.15) is 328 Å². The van der Waals surface area contributed by atoms with E-state index in [0.29, 0.717) is 6.42 Å². The van der Waals surface area contributed by atoms with Crippen molar-refractivity contribution in [2.45, 2.75) is 402 Å². The van der Waals surface area contributed by atoms with E-state index in [0.717, 1.165) is 38.5 Å². The van der Waals surface area contributed by atoms with Gasteiger partial charge >= 0.3 is 0 Å². The second kappa shape index (κ2) is 54.8. The molecule has 0 aromatic carbocycles. The monoisotopic (exact) mass is 1180 g/mol. The lowest BCUT2D eigenvalue weighted by molar-refractivity contribution is -0.359. The van der Waals surface area contributed by atoms with E-state index in [1.165, 1.54) is 263 Å². The van der Waals surface area contributed by atoms with Gasteiger partial charge in [0.1, 0.15) is 48.8 Å². The number of aliphatic hydroxyl groups is 8. The molecule has 2 heterocycles. The number of rotatable bonds is 59. The minimum Gasteiger partial charge on any atom is -0.394 e. The Morgan fingerprint density at radius 2 is 0.747 bits per heavy atom. The third-order valence-electron chi connectivity index (χ3n) is 17.7. The summed E-state index contributed by atoms with van der Waals surface area (Å²) in [4.78, 5) is 13.3. The van der Waals surface area contributed by atoms with Gasteiger partial charge in [-0.1, -0.05) is 315 Å². The van der Waals surface area contributed by atoms with Gasteiger partial charge in [0.05, 0.1) is 32.0 Å². The molecule has 0 aliphatic carbocycles. The summed E-state index contributed by atoms with van der Waals surface area (Å²) in [5.74, 6) is -0.232. The van der Waals surface area contributed by atoms with Gasteiger partial charge in [0.15, 0.2) is 12.6 Å². The van der Waals surface area contributed by atoms with Crippen molar-refractivity contribution in [3.63, 3.8) is 0 Å². The highest BCUT2D eigenvalue weighted by Gasteiger charge is 2.51. The van der Waals surface area contributed by atoms with E-state index in [1.807, 2.05) is 6.08 Å². The molecule has 492 valence electrons. The lowest BCUT2D eigenvalue weighted by atomic mass is 9.97. The van der Waals surface area contributed by atoms with E-state index in [-0.39, 0.29) is 18.9 Å². The van der Waals surface area contributed by atoms with E-state index >= 15 is 0 Å². The van der Waals surface area contributed by atoms with Crippen LogP contribution in [0.25, 0.3) is 0 Å². The molecule has 14 nitrogen and oxygen atoms in total. The zero-order chi connectivity index (χ0) is 60.2. The van der Waals surface area contributed by atoms with Crippen LogP contribution in [0.5, 0.6) is 0 Å². The third kappa shape index (κ3) is 39.4. The highest BCUT2D eigenvalue weighted by molar-refractivity contribution is 5.76. The largest absolute Gasteiger partial charge is 0.394 e. The number of hydrogen-bond donors (Lipinski definition) is 9. The topological polar surface area (TPSA) is 228 Å². The molecule has 2 aliphatic heterocycles. The van der Waals surface area contributed by atoms with Gasteiger partial charge in [-0.3, -0.25) is 4.79 Å². The summed E-state index contributed by atoms with van der Waals surface area (Å²) in [6.07, 6.45) is 50.2. The van der Waals surface area contributed by atoms with Gasteiger partial charge in [0, 0.05) is 6.42 Å². The maximum Gasteiger partial charge on any atom is 0.220 e. The van der Waals surface area contributed by atoms with Crippen LogP contribution in [0.3, 0.4) is 0 Å². The van der Waals surface area contributed by atoms with Crippen LogP contribution < -0.4 is 5.32 Å². The number of allylic oxidation sites excluding steroid dienone is 1. The van der Waals surface area contributed by atoms with Crippen molar-refractivity contribution in [3.8, 4) is 0 Å². The predicted octanol–water partition coefficient (Wildman–Crippen LogP) is 14.2. The van der Waals surface area contributed by atoms with Crippen molar-refractivity contribution in [2.75, 3.05) is 19.8 Å². The summed E-state index contributed by atoms with van der Waals surface area (Å²) in [7, 11) is 0. The van der Waals surface area contributed by atoms with E-state index in [1.54, 1.807) is 6.08 Å². The molecule has 2 aliphatic rings. The average Bonchev–Trinajstić information content (AvgIpc) is 3.65. The van der Waals surface area contributed by atoms with Crippen molar-refractivity contribution >= 4 is 5.91 Å². The number of ether oxygens (including phenoxy) is 4. The van der Waals surface area contributed by atoms with E-state index in [2.05, 4.69) is 19.2 Å². The predicted molar refractivity (Wildman–Crippen MR) is 337 cm³/mol. The lowest BCUT2D eigenvalue weighted by Gasteiger charge is -2.46. The zero-order valence-corrected chi connectivity index (χ0v) is 53.5. The number of carbonyl (C=O) groups excluding carboxylic acids is 1. The molecule has 83 heavy (non-hydrogen) atoms. The Bertz CT molecular complexity index is 1440. The SMILES string of the molecule is CCCCCCCCCCCCC/C=C/[C@@H](O)[C@H](CO[C@@H]1O[C@H](CO)[C@@H](O[C@@H]2O[C@H](CO)[C@H](O)C(O)C2O)C(O)C1O)NC(=O)CCCCCCCCCCCCCCCCCCCCCCCCCCCCCCCCCCCCCC. The number of carbonyl (C=O) groups is 1. The fourth-order valence-corrected chi connectivity index (χ4v) is 12.1. The van der Waals surface area contributed by atoms with Gasteiger partial charge in [-0.15, -0.1) is 0 Å². The minimum absolute atomic E-state index is 0.232. The van der Waals surface area contributed by atoms with Crippen LogP contribution in [0, 0.1) is 0 Å². The lowest BCUT2D eigenvalue weighted by Crippen LogP contribution is -2.65. The van der Waals surface area contributed by atoms with Crippen molar-refractivity contribution in [1.29, 1.82) is 0 Å². The Morgan fingerprint density at radius 1 is 0.422 bits per heavy atom. The Morgan fingerprint density at radius 3 is 1.11 bits per heavy atom. The smallest absolute Gasteiger partial charge is 0.220 e. The minimum atomic E-state index is -1.79. The quantitative estimate of drug-likeness (QED) is 0.0204. The second-order valence-electron chi connectivity index (χ2n) is 25.4. The molecular formula is C69H133NO13. The first kappa shape index (κ1) is 77.8. The number of aliphatic hydroxyl groups excluding tert-OH is 8.